The van der Waals surface area contributed by atoms with Gasteiger partial charge in [0.1, 0.15) is 5.75 Å². The summed E-state index contributed by atoms with van der Waals surface area (Å²) in [4.78, 5) is 12.4. The molecule has 0 heterocycles. The van der Waals surface area contributed by atoms with Crippen LogP contribution in [0.15, 0.2) is 48.5 Å². The second kappa shape index (κ2) is 11.2. The molecule has 2 heteroatoms. The standard InChI is InChI=1S/C27H36O2/c1-3-5-6-8-22-9-13-23(14-10-22)24-17-19-26(20-18-24)29-27(28)25-15-11-21(7-4-2)12-16-25/h11-12,15-20,22-23H,3-10,13-14H2,1-2H3. The minimum Gasteiger partial charge on any atom is -0.423 e. The zero-order valence-corrected chi connectivity index (χ0v) is 18.2. The van der Waals surface area contributed by atoms with E-state index in [0.29, 0.717) is 17.2 Å². The Balaban J connectivity index is 1.49. The van der Waals surface area contributed by atoms with Crippen LogP contribution in [0.5, 0.6) is 5.75 Å². The Hall–Kier alpha value is -2.09. The fourth-order valence-electron chi connectivity index (χ4n) is 4.54. The Labute approximate surface area is 176 Å². The van der Waals surface area contributed by atoms with Crippen molar-refractivity contribution in [1.82, 2.24) is 0 Å². The Morgan fingerprint density at radius 1 is 0.862 bits per heavy atom. The van der Waals surface area contributed by atoms with Gasteiger partial charge in [0, 0.05) is 0 Å². The van der Waals surface area contributed by atoms with Crippen LogP contribution in [0.1, 0.15) is 99.0 Å². The first kappa shape index (κ1) is 21.6. The highest BCUT2D eigenvalue weighted by Gasteiger charge is 2.22. The van der Waals surface area contributed by atoms with E-state index in [9.17, 15) is 4.79 Å². The van der Waals surface area contributed by atoms with E-state index in [-0.39, 0.29) is 5.97 Å². The maximum absolute atomic E-state index is 12.4. The number of carbonyl (C=O) groups excluding carboxylic acids is 1. The SMILES string of the molecule is CCCCCC1CCC(c2ccc(OC(=O)c3ccc(CCC)cc3)cc2)CC1. The van der Waals surface area contributed by atoms with E-state index in [0.717, 1.165) is 18.8 Å². The quantitative estimate of drug-likeness (QED) is 0.248. The summed E-state index contributed by atoms with van der Waals surface area (Å²) in [6.45, 7) is 4.44. The van der Waals surface area contributed by atoms with Crippen molar-refractivity contribution in [2.75, 3.05) is 0 Å². The number of benzene rings is 2. The predicted octanol–water partition coefficient (Wildman–Crippen LogP) is 7.71. The molecule has 0 N–H and O–H groups in total. The van der Waals surface area contributed by atoms with E-state index in [4.69, 9.17) is 4.74 Å². The molecule has 1 fully saturated rings. The first-order chi connectivity index (χ1) is 14.2. The zero-order valence-electron chi connectivity index (χ0n) is 18.2. The third-order valence-corrected chi connectivity index (χ3v) is 6.35. The van der Waals surface area contributed by atoms with Gasteiger partial charge in [-0.25, -0.2) is 4.79 Å². The highest BCUT2D eigenvalue weighted by Crippen LogP contribution is 2.38. The molecule has 29 heavy (non-hydrogen) atoms. The maximum atomic E-state index is 12.4. The van der Waals surface area contributed by atoms with Crippen LogP contribution < -0.4 is 4.74 Å². The second-order valence-corrected chi connectivity index (χ2v) is 8.62. The van der Waals surface area contributed by atoms with Crippen molar-refractivity contribution < 1.29 is 9.53 Å². The maximum Gasteiger partial charge on any atom is 0.343 e. The van der Waals surface area contributed by atoms with Crippen molar-refractivity contribution in [2.45, 2.75) is 84.0 Å². The molecule has 2 aromatic carbocycles. The number of rotatable bonds is 9. The molecule has 0 aromatic heterocycles. The fourth-order valence-corrected chi connectivity index (χ4v) is 4.54. The van der Waals surface area contributed by atoms with E-state index in [2.05, 4.69) is 26.0 Å². The van der Waals surface area contributed by atoms with Crippen LogP contribution in [0.3, 0.4) is 0 Å². The molecule has 2 nitrogen and oxygen atoms in total. The number of hydrogen-bond acceptors (Lipinski definition) is 2. The van der Waals surface area contributed by atoms with Gasteiger partial charge < -0.3 is 4.74 Å². The van der Waals surface area contributed by atoms with Crippen LogP contribution in [0.25, 0.3) is 0 Å². The lowest BCUT2D eigenvalue weighted by atomic mass is 9.77. The number of ether oxygens (including phenoxy) is 1. The first-order valence-corrected chi connectivity index (χ1v) is 11.6. The van der Waals surface area contributed by atoms with E-state index >= 15 is 0 Å². The molecule has 0 radical (unpaired) electrons. The summed E-state index contributed by atoms with van der Waals surface area (Å²) in [6.07, 6.45) is 13.0. The van der Waals surface area contributed by atoms with E-state index in [1.165, 1.54) is 62.5 Å². The van der Waals surface area contributed by atoms with E-state index in [1.54, 1.807) is 0 Å². The van der Waals surface area contributed by atoms with Gasteiger partial charge in [-0.3, -0.25) is 0 Å². The Morgan fingerprint density at radius 3 is 2.17 bits per heavy atom. The van der Waals surface area contributed by atoms with Crippen LogP contribution >= 0.6 is 0 Å². The van der Waals surface area contributed by atoms with Crippen molar-refractivity contribution in [2.24, 2.45) is 5.92 Å². The lowest BCUT2D eigenvalue weighted by Gasteiger charge is -2.29. The highest BCUT2D eigenvalue weighted by molar-refractivity contribution is 5.91. The van der Waals surface area contributed by atoms with E-state index < -0.39 is 0 Å². The van der Waals surface area contributed by atoms with Gasteiger partial charge in [-0.15, -0.1) is 0 Å². The van der Waals surface area contributed by atoms with Crippen molar-refractivity contribution in [1.29, 1.82) is 0 Å². The van der Waals surface area contributed by atoms with E-state index in [1.807, 2.05) is 36.4 Å². The van der Waals surface area contributed by atoms with Crippen molar-refractivity contribution >= 4 is 5.97 Å². The lowest BCUT2D eigenvalue weighted by Crippen LogP contribution is -2.13. The average Bonchev–Trinajstić information content (AvgIpc) is 2.76. The van der Waals surface area contributed by atoms with Gasteiger partial charge >= 0.3 is 5.97 Å². The Kier molecular flexibility index (Phi) is 8.34. The molecule has 1 aliphatic carbocycles. The van der Waals surface area contributed by atoms with Gasteiger partial charge in [0.05, 0.1) is 5.56 Å². The van der Waals surface area contributed by atoms with Crippen molar-refractivity contribution in [3.8, 4) is 5.75 Å². The third kappa shape index (κ3) is 6.45. The minimum atomic E-state index is -0.284. The highest BCUT2D eigenvalue weighted by atomic mass is 16.5. The van der Waals surface area contributed by atoms with Gasteiger partial charge in [-0.2, -0.15) is 0 Å². The number of aryl methyl sites for hydroxylation is 1. The Morgan fingerprint density at radius 2 is 1.55 bits per heavy atom. The molecule has 1 saturated carbocycles. The summed E-state index contributed by atoms with van der Waals surface area (Å²) in [5, 5.41) is 0. The molecule has 0 bridgehead atoms. The summed E-state index contributed by atoms with van der Waals surface area (Å²) in [7, 11) is 0. The molecular weight excluding hydrogens is 356 g/mol. The molecule has 1 aliphatic rings. The summed E-state index contributed by atoms with van der Waals surface area (Å²) in [5.74, 6) is 1.94. The van der Waals surface area contributed by atoms with Gasteiger partial charge in [-0.05, 0) is 79.3 Å². The van der Waals surface area contributed by atoms with Crippen LogP contribution in [-0.4, -0.2) is 5.97 Å². The smallest absolute Gasteiger partial charge is 0.343 e. The summed E-state index contributed by atoms with van der Waals surface area (Å²) in [5.41, 5.74) is 3.25. The molecule has 0 aliphatic heterocycles. The van der Waals surface area contributed by atoms with Crippen molar-refractivity contribution in [3.05, 3.63) is 65.2 Å². The molecule has 3 rings (SSSR count). The number of hydrogen-bond donors (Lipinski definition) is 0. The minimum absolute atomic E-state index is 0.284. The Bertz CT molecular complexity index is 737. The monoisotopic (exact) mass is 392 g/mol. The van der Waals surface area contributed by atoms with Gasteiger partial charge in [-0.1, -0.05) is 70.2 Å². The molecule has 156 valence electrons. The number of unbranched alkanes of at least 4 members (excludes halogenated alkanes) is 2. The van der Waals surface area contributed by atoms with Crippen LogP contribution in [-0.2, 0) is 6.42 Å². The average molecular weight is 393 g/mol. The van der Waals surface area contributed by atoms with Crippen LogP contribution in [0.4, 0.5) is 0 Å². The van der Waals surface area contributed by atoms with Crippen LogP contribution in [0.2, 0.25) is 0 Å². The lowest BCUT2D eigenvalue weighted by molar-refractivity contribution is 0.0734. The van der Waals surface area contributed by atoms with Crippen molar-refractivity contribution in [3.63, 3.8) is 0 Å². The summed E-state index contributed by atoms with van der Waals surface area (Å²) < 4.78 is 5.58. The molecular formula is C27H36O2. The molecule has 0 unspecified atom stereocenters. The van der Waals surface area contributed by atoms with Gasteiger partial charge in [0.2, 0.25) is 0 Å². The fraction of sp³-hybridized carbons (Fsp3) is 0.519. The topological polar surface area (TPSA) is 26.3 Å². The number of esters is 1. The third-order valence-electron chi connectivity index (χ3n) is 6.35. The first-order valence-electron chi connectivity index (χ1n) is 11.6. The zero-order chi connectivity index (χ0) is 20.5. The van der Waals surface area contributed by atoms with Crippen LogP contribution in [0, 0.1) is 5.92 Å². The molecule has 0 atom stereocenters. The van der Waals surface area contributed by atoms with Gasteiger partial charge in [0.15, 0.2) is 0 Å². The number of carbonyl (C=O) groups is 1. The largest absolute Gasteiger partial charge is 0.423 e. The second-order valence-electron chi connectivity index (χ2n) is 8.62. The summed E-state index contributed by atoms with van der Waals surface area (Å²) >= 11 is 0. The molecule has 0 spiro atoms. The molecule has 0 amide bonds. The van der Waals surface area contributed by atoms with Gasteiger partial charge in [0.25, 0.3) is 0 Å². The normalized spacial score (nSPS) is 19.1. The predicted molar refractivity (Wildman–Crippen MR) is 121 cm³/mol. The molecule has 0 saturated heterocycles. The summed E-state index contributed by atoms with van der Waals surface area (Å²) in [6, 6.07) is 16.0. The molecule has 2 aromatic rings.